The summed E-state index contributed by atoms with van der Waals surface area (Å²) in [7, 11) is 0. The second-order valence-electron chi connectivity index (χ2n) is 4.43. The Bertz CT molecular complexity index is 420. The Hall–Kier alpha value is -1.51. The Kier molecular flexibility index (Phi) is 2.86. The van der Waals surface area contributed by atoms with Gasteiger partial charge in [0.25, 0.3) is 0 Å². The fourth-order valence-corrected chi connectivity index (χ4v) is 2.23. The third kappa shape index (κ3) is 1.90. The zero-order chi connectivity index (χ0) is 11.7. The first kappa shape index (κ1) is 11.0. The number of phenols is 1. The maximum Gasteiger partial charge on any atom is 0.163 e. The first-order valence-corrected chi connectivity index (χ1v) is 5.69. The molecule has 1 aliphatic rings. The van der Waals surface area contributed by atoms with E-state index in [1.807, 2.05) is 13.0 Å². The van der Waals surface area contributed by atoms with Gasteiger partial charge in [0.2, 0.25) is 0 Å². The fraction of sp³-hybridized carbons (Fsp3) is 0.462. The van der Waals surface area contributed by atoms with Crippen LogP contribution in [0.2, 0.25) is 0 Å². The van der Waals surface area contributed by atoms with Crippen molar-refractivity contribution in [1.82, 2.24) is 0 Å². The number of hydrogen-bond donors (Lipinski definition) is 1. The molecule has 16 heavy (non-hydrogen) atoms. The molecule has 0 saturated carbocycles. The van der Waals surface area contributed by atoms with Crippen LogP contribution in [0.5, 0.6) is 5.75 Å². The summed E-state index contributed by atoms with van der Waals surface area (Å²) in [5.41, 5.74) is 2.26. The number of ketones is 1. The second-order valence-corrected chi connectivity index (χ2v) is 4.43. The average molecular weight is 219 g/mol. The van der Waals surface area contributed by atoms with Crippen LogP contribution in [0.25, 0.3) is 0 Å². The molecule has 0 atom stereocenters. The maximum absolute atomic E-state index is 11.4. The number of aromatic hydroxyl groups is 1. The molecular weight excluding hydrogens is 202 g/mol. The number of benzene rings is 1. The molecule has 1 heterocycles. The van der Waals surface area contributed by atoms with Crippen molar-refractivity contribution in [2.75, 3.05) is 18.0 Å². The molecule has 1 N–H and O–H groups in total. The van der Waals surface area contributed by atoms with Gasteiger partial charge >= 0.3 is 0 Å². The predicted octanol–water partition coefficient (Wildman–Crippen LogP) is 2.50. The number of nitrogens with zero attached hydrogens (tertiary/aromatic N) is 1. The highest BCUT2D eigenvalue weighted by Gasteiger charge is 2.19. The highest BCUT2D eigenvalue weighted by atomic mass is 16.3. The van der Waals surface area contributed by atoms with Crippen LogP contribution in [0.1, 0.15) is 35.7 Å². The van der Waals surface area contributed by atoms with Gasteiger partial charge in [-0.1, -0.05) is 0 Å². The van der Waals surface area contributed by atoms with Gasteiger partial charge in [-0.2, -0.15) is 0 Å². The molecule has 2 rings (SSSR count). The Morgan fingerprint density at radius 3 is 2.50 bits per heavy atom. The van der Waals surface area contributed by atoms with Crippen molar-refractivity contribution in [3.8, 4) is 5.75 Å². The van der Waals surface area contributed by atoms with Crippen LogP contribution in [0.15, 0.2) is 12.1 Å². The Labute approximate surface area is 95.7 Å². The summed E-state index contributed by atoms with van der Waals surface area (Å²) in [6, 6.07) is 3.70. The normalized spacial score (nSPS) is 15.5. The van der Waals surface area contributed by atoms with E-state index in [0.717, 1.165) is 37.2 Å². The van der Waals surface area contributed by atoms with E-state index in [1.54, 1.807) is 6.07 Å². The van der Waals surface area contributed by atoms with Gasteiger partial charge in [0.1, 0.15) is 5.75 Å². The van der Waals surface area contributed by atoms with Crippen molar-refractivity contribution in [3.63, 3.8) is 0 Å². The number of phenolic OH excluding ortho intramolecular Hbond substituents is 1. The number of anilines is 1. The molecule has 0 unspecified atom stereocenters. The fourth-order valence-electron chi connectivity index (χ4n) is 2.23. The number of carbonyl (C=O) groups is 1. The van der Waals surface area contributed by atoms with E-state index in [-0.39, 0.29) is 11.5 Å². The lowest BCUT2D eigenvalue weighted by atomic mass is 10.1. The zero-order valence-electron chi connectivity index (χ0n) is 9.79. The first-order valence-electron chi connectivity index (χ1n) is 5.69. The highest BCUT2D eigenvalue weighted by Crippen LogP contribution is 2.34. The predicted molar refractivity (Wildman–Crippen MR) is 64.3 cm³/mol. The zero-order valence-corrected chi connectivity index (χ0v) is 9.79. The Balaban J connectivity index is 2.47. The monoisotopic (exact) mass is 219 g/mol. The minimum Gasteiger partial charge on any atom is -0.505 e. The number of aryl methyl sites for hydroxylation is 1. The molecular formula is C13H17NO2. The molecule has 0 spiro atoms. The SMILES string of the molecule is CC(=O)c1cc(C)cc(N2CCCC2)c1O. The summed E-state index contributed by atoms with van der Waals surface area (Å²) in [6.07, 6.45) is 2.31. The second kappa shape index (κ2) is 4.16. The molecule has 1 saturated heterocycles. The lowest BCUT2D eigenvalue weighted by Gasteiger charge is -2.20. The molecule has 0 aliphatic carbocycles. The van der Waals surface area contributed by atoms with E-state index in [0.29, 0.717) is 5.56 Å². The quantitative estimate of drug-likeness (QED) is 0.777. The molecule has 1 aliphatic heterocycles. The molecule has 0 bridgehead atoms. The molecule has 1 aromatic carbocycles. The van der Waals surface area contributed by atoms with Gasteiger partial charge in [-0.05, 0) is 44.4 Å². The van der Waals surface area contributed by atoms with E-state index in [9.17, 15) is 9.90 Å². The summed E-state index contributed by atoms with van der Waals surface area (Å²) < 4.78 is 0. The average Bonchev–Trinajstić information content (AvgIpc) is 2.73. The lowest BCUT2D eigenvalue weighted by molar-refractivity contribution is 0.101. The Morgan fingerprint density at radius 1 is 1.31 bits per heavy atom. The summed E-state index contributed by atoms with van der Waals surface area (Å²) in [6.45, 7) is 5.37. The van der Waals surface area contributed by atoms with Gasteiger partial charge in [-0.25, -0.2) is 0 Å². The molecule has 1 aromatic rings. The smallest absolute Gasteiger partial charge is 0.163 e. The van der Waals surface area contributed by atoms with Gasteiger partial charge in [0.05, 0.1) is 11.3 Å². The number of Topliss-reactive ketones (excluding diaryl/α,β-unsaturated/α-hetero) is 1. The van der Waals surface area contributed by atoms with Crippen LogP contribution < -0.4 is 4.90 Å². The van der Waals surface area contributed by atoms with E-state index < -0.39 is 0 Å². The first-order chi connectivity index (χ1) is 7.59. The van der Waals surface area contributed by atoms with Gasteiger partial charge in [-0.15, -0.1) is 0 Å². The van der Waals surface area contributed by atoms with Crippen molar-refractivity contribution in [3.05, 3.63) is 23.3 Å². The van der Waals surface area contributed by atoms with Crippen molar-refractivity contribution in [2.45, 2.75) is 26.7 Å². The van der Waals surface area contributed by atoms with Gasteiger partial charge in [0, 0.05) is 13.1 Å². The van der Waals surface area contributed by atoms with E-state index >= 15 is 0 Å². The van der Waals surface area contributed by atoms with Crippen molar-refractivity contribution >= 4 is 11.5 Å². The summed E-state index contributed by atoms with van der Waals surface area (Å²) in [5.74, 6) is 0.0571. The van der Waals surface area contributed by atoms with E-state index in [2.05, 4.69) is 4.90 Å². The number of hydrogen-bond acceptors (Lipinski definition) is 3. The van der Waals surface area contributed by atoms with Gasteiger partial charge in [-0.3, -0.25) is 4.79 Å². The van der Waals surface area contributed by atoms with Crippen molar-refractivity contribution in [2.24, 2.45) is 0 Å². The molecule has 3 heteroatoms. The van der Waals surface area contributed by atoms with Crippen LogP contribution in [-0.2, 0) is 0 Å². The van der Waals surface area contributed by atoms with Crippen LogP contribution in [0.3, 0.4) is 0 Å². The summed E-state index contributed by atoms with van der Waals surface area (Å²) in [5, 5.41) is 10.1. The molecule has 0 radical (unpaired) electrons. The Morgan fingerprint density at radius 2 is 1.94 bits per heavy atom. The maximum atomic E-state index is 11.4. The van der Waals surface area contributed by atoms with E-state index in [4.69, 9.17) is 0 Å². The third-order valence-corrected chi connectivity index (χ3v) is 3.06. The van der Waals surface area contributed by atoms with Crippen molar-refractivity contribution in [1.29, 1.82) is 0 Å². The summed E-state index contributed by atoms with van der Waals surface area (Å²) >= 11 is 0. The van der Waals surface area contributed by atoms with Crippen molar-refractivity contribution < 1.29 is 9.90 Å². The molecule has 86 valence electrons. The van der Waals surface area contributed by atoms with Crippen LogP contribution in [0.4, 0.5) is 5.69 Å². The molecule has 3 nitrogen and oxygen atoms in total. The number of rotatable bonds is 2. The minimum atomic E-state index is -0.0818. The molecule has 0 aromatic heterocycles. The topological polar surface area (TPSA) is 40.5 Å². The van der Waals surface area contributed by atoms with Crippen LogP contribution in [0, 0.1) is 6.92 Å². The largest absolute Gasteiger partial charge is 0.505 e. The highest BCUT2D eigenvalue weighted by molar-refractivity contribution is 5.99. The molecule has 1 fully saturated rings. The standard InChI is InChI=1S/C13H17NO2/c1-9-7-11(10(2)15)13(16)12(8-9)14-5-3-4-6-14/h7-8,16H,3-6H2,1-2H3. The molecule has 0 amide bonds. The summed E-state index contributed by atoms with van der Waals surface area (Å²) in [4.78, 5) is 13.6. The van der Waals surface area contributed by atoms with Crippen LogP contribution >= 0.6 is 0 Å². The van der Waals surface area contributed by atoms with Crippen LogP contribution in [-0.4, -0.2) is 24.0 Å². The minimum absolute atomic E-state index is 0.0818. The number of carbonyl (C=O) groups excluding carboxylic acids is 1. The third-order valence-electron chi connectivity index (χ3n) is 3.06. The van der Waals surface area contributed by atoms with Gasteiger partial charge in [0.15, 0.2) is 5.78 Å². The van der Waals surface area contributed by atoms with E-state index in [1.165, 1.54) is 6.92 Å². The van der Waals surface area contributed by atoms with Gasteiger partial charge < -0.3 is 10.0 Å². The lowest BCUT2D eigenvalue weighted by Crippen LogP contribution is -2.18.